The van der Waals surface area contributed by atoms with E-state index in [0.29, 0.717) is 17.8 Å². The van der Waals surface area contributed by atoms with E-state index in [1.807, 2.05) is 19.2 Å². The number of carbonyl (C=O) groups is 1. The molecular weight excluding hydrogens is 254 g/mol. The average molecular weight is 271 g/mol. The van der Waals surface area contributed by atoms with E-state index in [2.05, 4.69) is 15.0 Å². The summed E-state index contributed by atoms with van der Waals surface area (Å²) < 4.78 is 4.65. The number of nitrogens with zero attached hydrogens (tertiary/aromatic N) is 1. The Balaban J connectivity index is 2.11. The average Bonchev–Trinajstić information content (AvgIpc) is 2.46. The Kier molecular flexibility index (Phi) is 4.20. The van der Waals surface area contributed by atoms with Gasteiger partial charge in [-0.05, 0) is 42.3 Å². The lowest BCUT2D eigenvalue weighted by molar-refractivity contribution is 0.0601. The first-order valence-corrected chi connectivity index (χ1v) is 6.23. The van der Waals surface area contributed by atoms with Crippen LogP contribution in [0, 0.1) is 6.92 Å². The molecule has 0 radical (unpaired) electrons. The molecule has 0 unspecified atom stereocenters. The SMILES string of the molecule is COC(=O)c1ccc(NCc2ccncc2C)c(N)c1. The van der Waals surface area contributed by atoms with Crippen molar-refractivity contribution < 1.29 is 9.53 Å². The molecule has 1 heterocycles. The Bertz CT molecular complexity index is 626. The summed E-state index contributed by atoms with van der Waals surface area (Å²) >= 11 is 0. The Morgan fingerprint density at radius 3 is 2.85 bits per heavy atom. The number of nitrogen functional groups attached to an aromatic ring is 1. The molecule has 0 aliphatic carbocycles. The number of aromatic nitrogens is 1. The molecule has 0 saturated heterocycles. The van der Waals surface area contributed by atoms with Crippen LogP contribution in [-0.2, 0) is 11.3 Å². The monoisotopic (exact) mass is 271 g/mol. The number of aryl methyl sites for hydroxylation is 1. The van der Waals surface area contributed by atoms with Gasteiger partial charge in [0.25, 0.3) is 0 Å². The number of esters is 1. The van der Waals surface area contributed by atoms with Gasteiger partial charge in [-0.3, -0.25) is 4.98 Å². The van der Waals surface area contributed by atoms with Crippen LogP contribution in [0.15, 0.2) is 36.7 Å². The molecule has 0 spiro atoms. The Morgan fingerprint density at radius 1 is 1.40 bits per heavy atom. The lowest BCUT2D eigenvalue weighted by atomic mass is 10.1. The van der Waals surface area contributed by atoms with Gasteiger partial charge in [0.15, 0.2) is 0 Å². The number of hydrogen-bond donors (Lipinski definition) is 2. The van der Waals surface area contributed by atoms with Crippen molar-refractivity contribution in [2.45, 2.75) is 13.5 Å². The summed E-state index contributed by atoms with van der Waals surface area (Å²) in [5, 5.41) is 3.25. The largest absolute Gasteiger partial charge is 0.465 e. The van der Waals surface area contributed by atoms with E-state index >= 15 is 0 Å². The number of carbonyl (C=O) groups excluding carboxylic acids is 1. The molecule has 0 saturated carbocycles. The second-order valence-corrected chi connectivity index (χ2v) is 4.45. The lowest BCUT2D eigenvalue weighted by Crippen LogP contribution is -2.06. The van der Waals surface area contributed by atoms with Gasteiger partial charge in [0.2, 0.25) is 0 Å². The van der Waals surface area contributed by atoms with E-state index in [1.54, 1.807) is 24.4 Å². The van der Waals surface area contributed by atoms with Crippen LogP contribution in [0.2, 0.25) is 0 Å². The first kappa shape index (κ1) is 13.9. The minimum Gasteiger partial charge on any atom is -0.465 e. The molecule has 0 bridgehead atoms. The van der Waals surface area contributed by atoms with Gasteiger partial charge in [-0.1, -0.05) is 0 Å². The van der Waals surface area contributed by atoms with Crippen molar-refractivity contribution >= 4 is 17.3 Å². The van der Waals surface area contributed by atoms with Gasteiger partial charge in [-0.25, -0.2) is 4.79 Å². The van der Waals surface area contributed by atoms with Crippen LogP contribution >= 0.6 is 0 Å². The molecule has 1 aromatic heterocycles. The Morgan fingerprint density at radius 2 is 2.20 bits per heavy atom. The number of ether oxygens (including phenoxy) is 1. The molecule has 1 aromatic carbocycles. The highest BCUT2D eigenvalue weighted by molar-refractivity contribution is 5.91. The zero-order valence-corrected chi connectivity index (χ0v) is 11.5. The van der Waals surface area contributed by atoms with E-state index in [0.717, 1.165) is 16.8 Å². The molecule has 0 amide bonds. The third-order valence-corrected chi connectivity index (χ3v) is 3.08. The molecule has 2 aromatic rings. The minimum atomic E-state index is -0.395. The smallest absolute Gasteiger partial charge is 0.337 e. The Labute approximate surface area is 117 Å². The summed E-state index contributed by atoms with van der Waals surface area (Å²) in [6.07, 6.45) is 3.58. The maximum atomic E-state index is 11.4. The van der Waals surface area contributed by atoms with Gasteiger partial charge >= 0.3 is 5.97 Å². The van der Waals surface area contributed by atoms with E-state index in [-0.39, 0.29) is 0 Å². The molecule has 3 N–H and O–H groups in total. The number of nitrogens with one attached hydrogen (secondary N) is 1. The maximum Gasteiger partial charge on any atom is 0.337 e. The summed E-state index contributed by atoms with van der Waals surface area (Å²) in [5.74, 6) is -0.395. The maximum absolute atomic E-state index is 11.4. The lowest BCUT2D eigenvalue weighted by Gasteiger charge is -2.11. The van der Waals surface area contributed by atoms with Gasteiger partial charge in [0.05, 0.1) is 24.0 Å². The highest BCUT2D eigenvalue weighted by atomic mass is 16.5. The number of hydrogen-bond acceptors (Lipinski definition) is 5. The predicted octanol–water partition coefficient (Wildman–Crippen LogP) is 2.37. The molecule has 0 aliphatic rings. The third kappa shape index (κ3) is 3.06. The molecule has 2 rings (SSSR count). The standard InChI is InChI=1S/C15H17N3O2/c1-10-8-17-6-5-12(10)9-18-14-4-3-11(7-13(14)16)15(19)20-2/h3-8,18H,9,16H2,1-2H3. The van der Waals surface area contributed by atoms with Gasteiger partial charge < -0.3 is 15.8 Å². The van der Waals surface area contributed by atoms with Crippen molar-refractivity contribution in [3.63, 3.8) is 0 Å². The minimum absolute atomic E-state index is 0.395. The number of methoxy groups -OCH3 is 1. The number of benzene rings is 1. The molecule has 0 aliphatic heterocycles. The van der Waals surface area contributed by atoms with Crippen LogP contribution in [-0.4, -0.2) is 18.1 Å². The topological polar surface area (TPSA) is 77.2 Å². The highest BCUT2D eigenvalue weighted by Crippen LogP contribution is 2.21. The van der Waals surface area contributed by atoms with Crippen LogP contribution in [0.3, 0.4) is 0 Å². The zero-order chi connectivity index (χ0) is 14.5. The molecular formula is C15H17N3O2. The summed E-state index contributed by atoms with van der Waals surface area (Å²) in [7, 11) is 1.34. The van der Waals surface area contributed by atoms with Crippen LogP contribution < -0.4 is 11.1 Å². The molecule has 5 heteroatoms. The van der Waals surface area contributed by atoms with Gasteiger partial charge in [0.1, 0.15) is 0 Å². The van der Waals surface area contributed by atoms with E-state index in [9.17, 15) is 4.79 Å². The third-order valence-electron chi connectivity index (χ3n) is 3.08. The number of rotatable bonds is 4. The molecule has 0 fully saturated rings. The van der Waals surface area contributed by atoms with Crippen molar-refractivity contribution in [2.24, 2.45) is 0 Å². The van der Waals surface area contributed by atoms with Crippen LogP contribution in [0.5, 0.6) is 0 Å². The number of pyridine rings is 1. The Hall–Kier alpha value is -2.56. The van der Waals surface area contributed by atoms with Crippen LogP contribution in [0.1, 0.15) is 21.5 Å². The predicted molar refractivity (Wildman–Crippen MR) is 78.5 cm³/mol. The number of nitrogens with two attached hydrogens (primary N) is 1. The highest BCUT2D eigenvalue weighted by Gasteiger charge is 2.08. The van der Waals surface area contributed by atoms with Gasteiger partial charge in [-0.15, -0.1) is 0 Å². The summed E-state index contributed by atoms with van der Waals surface area (Å²) in [6.45, 7) is 2.66. The first-order valence-electron chi connectivity index (χ1n) is 6.23. The van der Waals surface area contributed by atoms with E-state index in [1.165, 1.54) is 7.11 Å². The molecule has 20 heavy (non-hydrogen) atoms. The number of anilines is 2. The molecule has 0 atom stereocenters. The van der Waals surface area contributed by atoms with Crippen LogP contribution in [0.4, 0.5) is 11.4 Å². The normalized spacial score (nSPS) is 10.1. The quantitative estimate of drug-likeness (QED) is 0.659. The van der Waals surface area contributed by atoms with Crippen molar-refractivity contribution in [3.05, 3.63) is 53.3 Å². The van der Waals surface area contributed by atoms with E-state index < -0.39 is 5.97 Å². The first-order chi connectivity index (χ1) is 9.61. The zero-order valence-electron chi connectivity index (χ0n) is 11.5. The summed E-state index contributed by atoms with van der Waals surface area (Å²) in [6, 6.07) is 7.02. The summed E-state index contributed by atoms with van der Waals surface area (Å²) in [4.78, 5) is 15.4. The van der Waals surface area contributed by atoms with Crippen molar-refractivity contribution in [2.75, 3.05) is 18.2 Å². The fourth-order valence-corrected chi connectivity index (χ4v) is 1.86. The second kappa shape index (κ2) is 6.06. The van der Waals surface area contributed by atoms with Gasteiger partial charge in [-0.2, -0.15) is 0 Å². The molecule has 104 valence electrons. The van der Waals surface area contributed by atoms with Crippen molar-refractivity contribution in [1.82, 2.24) is 4.98 Å². The van der Waals surface area contributed by atoms with Crippen LogP contribution in [0.25, 0.3) is 0 Å². The van der Waals surface area contributed by atoms with Crippen molar-refractivity contribution in [3.8, 4) is 0 Å². The van der Waals surface area contributed by atoms with Gasteiger partial charge in [0, 0.05) is 18.9 Å². The summed E-state index contributed by atoms with van der Waals surface area (Å²) in [5.41, 5.74) is 9.94. The molecule has 5 nitrogen and oxygen atoms in total. The fourth-order valence-electron chi connectivity index (χ4n) is 1.86. The van der Waals surface area contributed by atoms with E-state index in [4.69, 9.17) is 5.73 Å². The second-order valence-electron chi connectivity index (χ2n) is 4.45. The van der Waals surface area contributed by atoms with Crippen molar-refractivity contribution in [1.29, 1.82) is 0 Å². The fraction of sp³-hybridized carbons (Fsp3) is 0.200.